The molecular weight excluding hydrogens is 194 g/mol. The van der Waals surface area contributed by atoms with E-state index in [0.29, 0.717) is 11.8 Å². The Balaban J connectivity index is 2.49. The van der Waals surface area contributed by atoms with Gasteiger partial charge in [-0.05, 0) is 12.5 Å². The predicted octanol–water partition coefficient (Wildman–Crippen LogP) is 1.50. The summed E-state index contributed by atoms with van der Waals surface area (Å²) < 4.78 is 12.3. The Morgan fingerprint density at radius 3 is 2.87 bits per heavy atom. The molecule has 0 bridgehead atoms. The highest BCUT2D eigenvalue weighted by molar-refractivity contribution is 5.72. The molecule has 0 heterocycles. The van der Waals surface area contributed by atoms with Crippen LogP contribution in [-0.4, -0.2) is 18.4 Å². The second-order valence-electron chi connectivity index (χ2n) is 3.00. The predicted molar refractivity (Wildman–Crippen MR) is 55.3 cm³/mol. The van der Waals surface area contributed by atoms with E-state index in [4.69, 9.17) is 6.11 Å². The quantitative estimate of drug-likeness (QED) is 0.763. The smallest absolute Gasteiger partial charge is 0.408 e. The molecule has 1 aromatic carbocycles. The van der Waals surface area contributed by atoms with E-state index >= 15 is 0 Å². The molecule has 0 fully saturated rings. The van der Waals surface area contributed by atoms with Gasteiger partial charge in [0.15, 0.2) is 0 Å². The van der Waals surface area contributed by atoms with E-state index in [1.807, 2.05) is 6.07 Å². The topological polar surface area (TPSA) is 55.4 Å². The number of alkyl carbamates (subject to hydrolysis) is 1. The summed E-state index contributed by atoms with van der Waals surface area (Å²) >= 11 is 0. The molecule has 2 atom stereocenters. The van der Waals surface area contributed by atoms with Crippen LogP contribution in [0.4, 0.5) is 4.79 Å². The van der Waals surface area contributed by atoms with Gasteiger partial charge in [0.05, 0.1) is 7.41 Å². The highest BCUT2D eigenvalue weighted by Gasteiger charge is 2.06. The number of rotatable bonds is 4. The molecule has 15 heavy (non-hydrogen) atoms. The van der Waals surface area contributed by atoms with E-state index in [9.17, 15) is 9.59 Å². The number of amides is 1. The van der Waals surface area contributed by atoms with Crippen molar-refractivity contribution in [3.8, 4) is 0 Å². The lowest BCUT2D eigenvalue weighted by Crippen LogP contribution is -2.33. The molecule has 0 aromatic heterocycles. The molecule has 1 rings (SSSR count). The third-order valence-electron chi connectivity index (χ3n) is 1.65. The van der Waals surface area contributed by atoms with Gasteiger partial charge in [-0.3, -0.25) is 0 Å². The maximum absolute atomic E-state index is 11.2. The van der Waals surface area contributed by atoms with Crippen LogP contribution in [0.3, 0.4) is 0 Å². The Kier molecular flexibility index (Phi) is 3.75. The molecule has 0 aliphatic carbocycles. The Morgan fingerprint density at radius 2 is 2.27 bits per heavy atom. The number of benzene rings is 1. The molecule has 1 aromatic rings. The minimum atomic E-state index is -1.08. The first-order chi connectivity index (χ1) is 7.63. The molecule has 0 radical (unpaired) electrons. The van der Waals surface area contributed by atoms with Crippen LogP contribution in [-0.2, 0) is 16.1 Å². The maximum Gasteiger partial charge on any atom is 0.408 e. The van der Waals surface area contributed by atoms with Crippen LogP contribution in [0.25, 0.3) is 0 Å². The van der Waals surface area contributed by atoms with Gasteiger partial charge in [-0.25, -0.2) is 4.79 Å². The van der Waals surface area contributed by atoms with E-state index in [-0.39, 0.29) is 0 Å². The normalized spacial score (nSPS) is 14.6. The van der Waals surface area contributed by atoms with Gasteiger partial charge in [-0.15, -0.1) is 0 Å². The number of carbonyl (C=O) groups excluding carboxylic acids is 2. The van der Waals surface area contributed by atoms with Gasteiger partial charge in [0.2, 0.25) is 0 Å². The zero-order chi connectivity index (χ0) is 12.0. The summed E-state index contributed by atoms with van der Waals surface area (Å²) in [5.41, 5.74) is 0.580. The first-order valence-corrected chi connectivity index (χ1v) is 4.53. The van der Waals surface area contributed by atoms with Crippen molar-refractivity contribution in [1.82, 2.24) is 5.32 Å². The minimum Gasteiger partial charge on any atom is -0.445 e. The molecule has 1 amide bonds. The fourth-order valence-corrected chi connectivity index (χ4v) is 0.907. The number of ether oxygens (including phenoxy) is 1. The van der Waals surface area contributed by atoms with E-state index in [1.54, 1.807) is 24.3 Å². The van der Waals surface area contributed by atoms with Gasteiger partial charge >= 0.3 is 6.09 Å². The Hall–Kier alpha value is -1.84. The summed E-state index contributed by atoms with van der Waals surface area (Å²) in [6, 6.07) is 8.08. The summed E-state index contributed by atoms with van der Waals surface area (Å²) in [4.78, 5) is 21.5. The molecule has 0 spiro atoms. The Labute approximate surface area is 89.6 Å². The number of aldehydes is 1. The minimum absolute atomic E-state index is 0.580. The molecule has 80 valence electrons. The average Bonchev–Trinajstić information content (AvgIpc) is 2.29. The van der Waals surface area contributed by atoms with E-state index in [0.717, 1.165) is 0 Å². The molecule has 1 N–H and O–H groups in total. The van der Waals surface area contributed by atoms with Crippen LogP contribution >= 0.6 is 0 Å². The second-order valence-corrected chi connectivity index (χ2v) is 3.00. The molecule has 4 heteroatoms. The second kappa shape index (κ2) is 5.80. The largest absolute Gasteiger partial charge is 0.445 e. The van der Waals surface area contributed by atoms with Crippen molar-refractivity contribution < 1.29 is 15.7 Å². The van der Waals surface area contributed by atoms with Crippen LogP contribution < -0.4 is 5.32 Å². The summed E-state index contributed by atoms with van der Waals surface area (Å²) in [5, 5.41) is 2.28. The van der Waals surface area contributed by atoms with E-state index in [1.165, 1.54) is 6.92 Å². The van der Waals surface area contributed by atoms with Gasteiger partial charge < -0.3 is 14.8 Å². The highest BCUT2D eigenvalue weighted by atomic mass is 16.5. The van der Waals surface area contributed by atoms with Gasteiger partial charge in [0.1, 0.15) is 12.9 Å². The monoisotopic (exact) mass is 208 g/mol. The van der Waals surface area contributed by atoms with Crippen molar-refractivity contribution in [2.45, 2.75) is 19.5 Å². The first kappa shape index (κ1) is 9.71. The molecular formula is C11H13NO3. The van der Waals surface area contributed by atoms with Crippen LogP contribution in [0.5, 0.6) is 0 Å². The fourth-order valence-electron chi connectivity index (χ4n) is 0.907. The van der Waals surface area contributed by atoms with Gasteiger partial charge in [0.25, 0.3) is 0 Å². The average molecular weight is 208 g/mol. The van der Waals surface area contributed by atoms with E-state index < -0.39 is 18.7 Å². The summed E-state index contributed by atoms with van der Waals surface area (Å²) in [6.45, 7) is 0.440. The molecule has 0 aliphatic rings. The zero-order valence-electron chi connectivity index (χ0n) is 9.34. The van der Waals surface area contributed by atoms with Crippen molar-refractivity contribution in [2.24, 2.45) is 0 Å². The zero-order valence-corrected chi connectivity index (χ0v) is 8.34. The number of hydrogen-bond acceptors (Lipinski definition) is 3. The Morgan fingerprint density at radius 1 is 1.60 bits per heavy atom. The number of carbonyl (C=O) groups is 2. The third-order valence-corrected chi connectivity index (χ3v) is 1.65. The van der Waals surface area contributed by atoms with Crippen molar-refractivity contribution in [3.05, 3.63) is 35.9 Å². The molecule has 4 nitrogen and oxygen atoms in total. The third kappa shape index (κ3) is 4.26. The number of hydrogen-bond donors (Lipinski definition) is 1. The molecule has 0 aliphatic heterocycles. The van der Waals surface area contributed by atoms with Crippen molar-refractivity contribution in [3.63, 3.8) is 0 Å². The fraction of sp³-hybridized carbons (Fsp3) is 0.273. The van der Waals surface area contributed by atoms with Crippen LogP contribution in [0.15, 0.2) is 30.3 Å². The molecule has 1 unspecified atom stereocenters. The van der Waals surface area contributed by atoms with Gasteiger partial charge in [-0.2, -0.15) is 0 Å². The molecule has 0 saturated heterocycles. The standard InChI is InChI=1S/C11H13NO3/c1-9(7-13)12-11(14)15-8-10-5-3-2-4-6-10/h2-7,9H,8H2,1H3,(H,12,14)/t9-/m0/s1/i8D/t8?,9-. The molecule has 0 saturated carbocycles. The van der Waals surface area contributed by atoms with Gasteiger partial charge in [0, 0.05) is 0 Å². The first-order valence-electron chi connectivity index (χ1n) is 5.11. The van der Waals surface area contributed by atoms with Crippen LogP contribution in [0.1, 0.15) is 13.9 Å². The van der Waals surface area contributed by atoms with Crippen LogP contribution in [0.2, 0.25) is 0 Å². The number of nitrogens with one attached hydrogen (secondary N) is 1. The lowest BCUT2D eigenvalue weighted by Gasteiger charge is -2.08. The Bertz CT molecular complexity index is 356. The van der Waals surface area contributed by atoms with Gasteiger partial charge in [-0.1, -0.05) is 30.3 Å². The SMILES string of the molecule is [2H]C(OC(=O)N[C@@H](C)C=O)c1ccccc1. The lowest BCUT2D eigenvalue weighted by molar-refractivity contribution is -0.109. The lowest BCUT2D eigenvalue weighted by atomic mass is 10.2. The highest BCUT2D eigenvalue weighted by Crippen LogP contribution is 2.00. The van der Waals surface area contributed by atoms with Crippen molar-refractivity contribution in [2.75, 3.05) is 0 Å². The summed E-state index contributed by atoms with van der Waals surface area (Å²) in [7, 11) is 0. The van der Waals surface area contributed by atoms with Crippen LogP contribution in [0, 0.1) is 0 Å². The summed E-state index contributed by atoms with van der Waals surface area (Å²) in [5.74, 6) is 0. The summed E-state index contributed by atoms with van der Waals surface area (Å²) in [6.07, 6.45) is -0.189. The van der Waals surface area contributed by atoms with Crippen molar-refractivity contribution in [1.29, 1.82) is 0 Å². The van der Waals surface area contributed by atoms with E-state index in [2.05, 4.69) is 5.32 Å². The maximum atomic E-state index is 11.2. The van der Waals surface area contributed by atoms with Crippen molar-refractivity contribution >= 4 is 12.4 Å².